The Morgan fingerprint density at radius 3 is 1.47 bits per heavy atom. The predicted octanol–water partition coefficient (Wildman–Crippen LogP) is 13.4. The highest BCUT2D eigenvalue weighted by Crippen LogP contribution is 2.29. The molecule has 0 amide bonds. The van der Waals surface area contributed by atoms with E-state index in [2.05, 4.69) is 25.8 Å². The summed E-state index contributed by atoms with van der Waals surface area (Å²) in [6, 6.07) is 0.550. The van der Waals surface area contributed by atoms with Crippen LogP contribution in [0.2, 0.25) is 0 Å². The summed E-state index contributed by atoms with van der Waals surface area (Å²) in [6.45, 7) is 6.55. The first-order chi connectivity index (χ1) is 28.9. The number of likely N-dealkylation sites (N-methyl/N-ethyl adjacent to an activating group) is 1. The third-order valence-corrected chi connectivity index (χ3v) is 15.4. The molecule has 0 aromatic rings. The molecule has 2 unspecified atom stereocenters. The Morgan fingerprint density at radius 1 is 0.593 bits per heavy atom. The maximum atomic E-state index is 12.8. The van der Waals surface area contributed by atoms with Crippen LogP contribution in [0.5, 0.6) is 0 Å². The Kier molecular flexibility index (Phi) is 36.3. The fourth-order valence-electron chi connectivity index (χ4n) is 9.13. The predicted molar refractivity (Wildman–Crippen MR) is 255 cm³/mol. The molecule has 59 heavy (non-hydrogen) atoms. The molecular weight excluding hydrogens is 775 g/mol. The van der Waals surface area contributed by atoms with Crippen LogP contribution in [0.15, 0.2) is 0 Å². The summed E-state index contributed by atoms with van der Waals surface area (Å²) in [6.07, 6.45) is 38.1. The van der Waals surface area contributed by atoms with E-state index in [0.717, 1.165) is 79.9 Å². The molecule has 348 valence electrons. The minimum absolute atomic E-state index is 0.0341. The van der Waals surface area contributed by atoms with Crippen LogP contribution < -0.4 is 0 Å². The van der Waals surface area contributed by atoms with Gasteiger partial charge >= 0.3 is 11.9 Å². The van der Waals surface area contributed by atoms with Crippen molar-refractivity contribution in [1.29, 1.82) is 0 Å². The SMILES string of the molecule is CCCCCCC(CSCCCCCC(CCCCCSCC(CCCCCC)OC(=O)CCC1CCCCC1)N(C)CCOCCO)OC(=O)CCC1CCCCC1. The van der Waals surface area contributed by atoms with E-state index in [1.54, 1.807) is 0 Å². The molecule has 2 aliphatic rings. The van der Waals surface area contributed by atoms with Crippen molar-refractivity contribution in [3.8, 4) is 0 Å². The van der Waals surface area contributed by atoms with Gasteiger partial charge in [-0.3, -0.25) is 9.59 Å². The molecule has 2 aliphatic carbocycles. The lowest BCUT2D eigenvalue weighted by molar-refractivity contribution is -0.149. The molecule has 0 bridgehead atoms. The highest BCUT2D eigenvalue weighted by molar-refractivity contribution is 7.99. The van der Waals surface area contributed by atoms with E-state index in [-0.39, 0.29) is 30.8 Å². The van der Waals surface area contributed by atoms with Crippen LogP contribution in [0, 0.1) is 11.8 Å². The number of unbranched alkanes of at least 4 members (excludes halogenated alkanes) is 10. The fourth-order valence-corrected chi connectivity index (χ4v) is 11.3. The minimum Gasteiger partial charge on any atom is -0.461 e. The molecule has 7 nitrogen and oxygen atoms in total. The maximum Gasteiger partial charge on any atom is 0.306 e. The average molecular weight is 870 g/mol. The zero-order valence-electron chi connectivity index (χ0n) is 38.9. The van der Waals surface area contributed by atoms with E-state index < -0.39 is 0 Å². The van der Waals surface area contributed by atoms with Crippen molar-refractivity contribution in [3.05, 3.63) is 0 Å². The number of nitrogens with zero attached hydrogens (tertiary/aromatic N) is 1. The molecule has 0 saturated heterocycles. The summed E-state index contributed by atoms with van der Waals surface area (Å²) in [4.78, 5) is 28.1. The Hall–Kier alpha value is -0.480. The number of esters is 2. The maximum absolute atomic E-state index is 12.8. The molecule has 2 fully saturated rings. The first-order valence-electron chi connectivity index (χ1n) is 25.4. The number of carbonyl (C=O) groups is 2. The molecule has 2 atom stereocenters. The van der Waals surface area contributed by atoms with Gasteiger partial charge in [-0.2, -0.15) is 23.5 Å². The smallest absolute Gasteiger partial charge is 0.306 e. The van der Waals surface area contributed by atoms with Gasteiger partial charge in [-0.15, -0.1) is 0 Å². The Bertz CT molecular complexity index is 896. The molecular formula is C50H95NO6S2. The number of carbonyl (C=O) groups excluding carboxylic acids is 2. The van der Waals surface area contributed by atoms with E-state index >= 15 is 0 Å². The largest absolute Gasteiger partial charge is 0.461 e. The van der Waals surface area contributed by atoms with Gasteiger partial charge in [0.2, 0.25) is 0 Å². The number of thioether (sulfide) groups is 2. The average Bonchev–Trinajstić information content (AvgIpc) is 3.25. The van der Waals surface area contributed by atoms with Crippen molar-refractivity contribution >= 4 is 35.5 Å². The van der Waals surface area contributed by atoms with E-state index in [0.29, 0.717) is 32.1 Å². The fraction of sp³-hybridized carbons (Fsp3) is 0.960. The molecule has 2 saturated carbocycles. The van der Waals surface area contributed by atoms with Crippen LogP contribution in [0.3, 0.4) is 0 Å². The Morgan fingerprint density at radius 2 is 1.03 bits per heavy atom. The van der Waals surface area contributed by atoms with Gasteiger partial charge in [0.05, 0.1) is 19.8 Å². The second-order valence-corrected chi connectivity index (χ2v) is 20.6. The van der Waals surface area contributed by atoms with E-state index in [1.807, 2.05) is 23.5 Å². The number of aliphatic hydroxyl groups is 1. The van der Waals surface area contributed by atoms with Crippen molar-refractivity contribution in [3.63, 3.8) is 0 Å². The van der Waals surface area contributed by atoms with Crippen LogP contribution >= 0.6 is 23.5 Å². The minimum atomic E-state index is 0.0341. The van der Waals surface area contributed by atoms with Crippen LogP contribution in [-0.4, -0.2) is 96.6 Å². The highest BCUT2D eigenvalue weighted by atomic mass is 32.2. The topological polar surface area (TPSA) is 85.3 Å². The standard InChI is InChI=1S/C50H95NO6S2/c1-4-6-8-20-30-47(56-49(53)34-32-44-24-14-10-15-25-44)42-58-40-22-12-18-28-46(51(3)36-38-55-39-37-52)29-19-13-23-41-59-43-48(31-21-9-7-5-2)57-50(54)35-33-45-26-16-11-17-27-45/h44-48,52H,4-43H2,1-3H3. The molecule has 9 heteroatoms. The molecule has 2 rings (SSSR count). The quantitative estimate of drug-likeness (QED) is 0.0478. The van der Waals surface area contributed by atoms with Gasteiger partial charge in [0.1, 0.15) is 12.2 Å². The monoisotopic (exact) mass is 870 g/mol. The van der Waals surface area contributed by atoms with E-state index in [9.17, 15) is 9.59 Å². The molecule has 0 aromatic heterocycles. The zero-order chi connectivity index (χ0) is 42.4. The second-order valence-electron chi connectivity index (χ2n) is 18.3. The number of aliphatic hydroxyl groups excluding tert-OH is 1. The van der Waals surface area contributed by atoms with Gasteiger partial charge in [-0.05, 0) is 94.6 Å². The molecule has 1 N–H and O–H groups in total. The lowest BCUT2D eigenvalue weighted by Gasteiger charge is -2.28. The summed E-state index contributed by atoms with van der Waals surface area (Å²) in [5.74, 6) is 5.66. The number of ether oxygens (including phenoxy) is 3. The van der Waals surface area contributed by atoms with Gasteiger partial charge in [0, 0.05) is 36.9 Å². The third-order valence-electron chi connectivity index (χ3n) is 13.0. The van der Waals surface area contributed by atoms with E-state index in [1.165, 1.54) is 154 Å². The lowest BCUT2D eigenvalue weighted by Crippen LogP contribution is -2.34. The first-order valence-corrected chi connectivity index (χ1v) is 27.7. The van der Waals surface area contributed by atoms with Crippen molar-refractivity contribution in [2.24, 2.45) is 11.8 Å². The molecule has 0 radical (unpaired) electrons. The summed E-state index contributed by atoms with van der Waals surface area (Å²) < 4.78 is 17.8. The number of hydrogen-bond donors (Lipinski definition) is 1. The van der Waals surface area contributed by atoms with Gasteiger partial charge in [-0.25, -0.2) is 0 Å². The van der Waals surface area contributed by atoms with Crippen LogP contribution in [0.25, 0.3) is 0 Å². The second kappa shape index (κ2) is 39.1. The van der Waals surface area contributed by atoms with Gasteiger partial charge in [0.25, 0.3) is 0 Å². The Balaban J connectivity index is 1.69. The highest BCUT2D eigenvalue weighted by Gasteiger charge is 2.21. The summed E-state index contributed by atoms with van der Waals surface area (Å²) in [5.41, 5.74) is 0. The van der Waals surface area contributed by atoms with Gasteiger partial charge in [0.15, 0.2) is 0 Å². The third kappa shape index (κ3) is 31.1. The van der Waals surface area contributed by atoms with Gasteiger partial charge in [-0.1, -0.05) is 142 Å². The van der Waals surface area contributed by atoms with Crippen molar-refractivity contribution in [2.75, 3.05) is 56.4 Å². The van der Waals surface area contributed by atoms with Crippen LogP contribution in [0.1, 0.15) is 219 Å². The summed E-state index contributed by atoms with van der Waals surface area (Å²) in [7, 11) is 2.24. The first kappa shape index (κ1) is 54.7. The number of hydrogen-bond acceptors (Lipinski definition) is 9. The summed E-state index contributed by atoms with van der Waals surface area (Å²) >= 11 is 3.97. The molecule has 0 aromatic carbocycles. The molecule has 0 spiro atoms. The van der Waals surface area contributed by atoms with E-state index in [4.69, 9.17) is 19.3 Å². The van der Waals surface area contributed by atoms with Crippen LogP contribution in [0.4, 0.5) is 0 Å². The lowest BCUT2D eigenvalue weighted by atomic mass is 9.86. The zero-order valence-corrected chi connectivity index (χ0v) is 40.6. The van der Waals surface area contributed by atoms with Crippen molar-refractivity contribution in [2.45, 2.75) is 238 Å². The normalized spacial score (nSPS) is 17.0. The molecule has 0 heterocycles. The summed E-state index contributed by atoms with van der Waals surface area (Å²) in [5, 5.41) is 9.15. The van der Waals surface area contributed by atoms with Gasteiger partial charge < -0.3 is 24.2 Å². The molecule has 0 aliphatic heterocycles. The number of rotatable bonds is 40. The Labute approximate surface area is 373 Å². The van der Waals surface area contributed by atoms with Crippen molar-refractivity contribution in [1.82, 2.24) is 4.90 Å². The van der Waals surface area contributed by atoms with Crippen molar-refractivity contribution < 1.29 is 28.9 Å². The van der Waals surface area contributed by atoms with Crippen LogP contribution in [-0.2, 0) is 23.8 Å².